The fourth-order valence-electron chi connectivity index (χ4n) is 14.6. The maximum Gasteiger partial charge on any atom is 0.337 e. The molecular formula is C127H129ClN6O15. The third-order valence-corrected chi connectivity index (χ3v) is 22.6. The molecule has 0 atom stereocenters. The van der Waals surface area contributed by atoms with E-state index in [-0.39, 0.29) is 24.4 Å². The smallest absolute Gasteiger partial charge is 0.337 e. The molecule has 0 saturated heterocycles. The van der Waals surface area contributed by atoms with Crippen molar-refractivity contribution >= 4 is 41.8 Å². The highest BCUT2D eigenvalue weighted by Crippen LogP contribution is 2.24. The van der Waals surface area contributed by atoms with Gasteiger partial charge >= 0.3 is 23.9 Å². The summed E-state index contributed by atoms with van der Waals surface area (Å²) < 4.78 is 42.1. The number of carbonyl (C=O) groups excluding carboxylic acids is 4. The van der Waals surface area contributed by atoms with Gasteiger partial charge in [-0.05, 0) is 257 Å². The van der Waals surface area contributed by atoms with Crippen molar-refractivity contribution in [1.82, 2.24) is 15.1 Å². The maximum atomic E-state index is 11.5. The Balaban J connectivity index is 0.000000196. The van der Waals surface area contributed by atoms with Crippen molar-refractivity contribution < 1.29 is 72.1 Å². The van der Waals surface area contributed by atoms with Crippen LogP contribution in [0.1, 0.15) is 135 Å². The molecule has 0 radical (unpaired) electrons. The highest BCUT2D eigenvalue weighted by Gasteiger charge is 2.13. The predicted molar refractivity (Wildman–Crippen MR) is 591 cm³/mol. The van der Waals surface area contributed by atoms with E-state index in [9.17, 15) is 24.0 Å². The monoisotopic (exact) mass is 2010 g/mol. The van der Waals surface area contributed by atoms with Crippen LogP contribution in [0, 0.1) is 22.7 Å². The fourth-order valence-corrected chi connectivity index (χ4v) is 14.6. The van der Waals surface area contributed by atoms with Gasteiger partial charge in [0.2, 0.25) is 0 Å². The van der Waals surface area contributed by atoms with Crippen LogP contribution in [0.5, 0.6) is 34.5 Å². The Bertz CT molecular complexity index is 6550. The number of hydrogen-bond donors (Lipinski definition) is 4. The van der Waals surface area contributed by atoms with Crippen LogP contribution in [0.25, 0.3) is 0 Å². The van der Waals surface area contributed by atoms with E-state index < -0.39 is 11.9 Å². The van der Waals surface area contributed by atoms with Gasteiger partial charge in [0.15, 0.2) is 6.61 Å². The van der Waals surface area contributed by atoms with Gasteiger partial charge in [-0.1, -0.05) is 303 Å². The van der Waals surface area contributed by atoms with Crippen LogP contribution in [-0.4, -0.2) is 151 Å². The van der Waals surface area contributed by atoms with E-state index in [1.807, 2.05) is 195 Å². The van der Waals surface area contributed by atoms with Gasteiger partial charge in [0, 0.05) is 51.4 Å². The molecule has 0 aliphatic carbocycles. The van der Waals surface area contributed by atoms with Crippen LogP contribution in [0.4, 0.5) is 0 Å². The zero-order valence-corrected chi connectivity index (χ0v) is 85.6. The van der Waals surface area contributed by atoms with E-state index in [0.717, 1.165) is 130 Å². The molecule has 16 aromatic rings. The zero-order valence-electron chi connectivity index (χ0n) is 84.9. The lowest BCUT2D eigenvalue weighted by atomic mass is 10.1. The lowest BCUT2D eigenvalue weighted by molar-refractivity contribution is 0.0592. The molecule has 149 heavy (non-hydrogen) atoms. The van der Waals surface area contributed by atoms with Crippen LogP contribution in [0.15, 0.2) is 425 Å². The summed E-state index contributed by atoms with van der Waals surface area (Å²) in [7, 11) is 8.17. The molecular weight excluding hydrogens is 1880 g/mol. The number of carboxylic acids is 1. The topological polar surface area (TPSA) is 292 Å². The Labute approximate surface area is 880 Å². The number of esters is 3. The first-order valence-corrected chi connectivity index (χ1v) is 49.3. The fraction of sp³-hybridized carbons (Fsp3) is 0.189. The van der Waals surface area contributed by atoms with Crippen molar-refractivity contribution in [1.29, 1.82) is 10.5 Å². The van der Waals surface area contributed by atoms with Gasteiger partial charge in [-0.2, -0.15) is 10.5 Å². The summed E-state index contributed by atoms with van der Waals surface area (Å²) in [5.74, 6) is 2.75. The zero-order chi connectivity index (χ0) is 106. The molecule has 764 valence electrons. The van der Waals surface area contributed by atoms with E-state index in [0.29, 0.717) is 66.5 Å². The number of aromatic carboxylic acids is 1. The van der Waals surface area contributed by atoms with E-state index in [4.69, 9.17) is 71.2 Å². The number of phenolic OH excluding ortho intramolecular Hbond substituents is 1. The number of carboxylic acid groups (broad SMARTS) is 1. The molecule has 16 aromatic carbocycles. The number of benzene rings is 16. The number of nitriles is 2. The summed E-state index contributed by atoms with van der Waals surface area (Å²) in [4.78, 5) is 59.3. The van der Waals surface area contributed by atoms with Crippen LogP contribution >= 0.6 is 11.6 Å². The first-order chi connectivity index (χ1) is 72.8. The Hall–Kier alpha value is -17.0. The maximum absolute atomic E-state index is 11.5. The minimum absolute atomic E-state index is 0.0953. The number of carbonyl (C=O) groups is 5. The summed E-state index contributed by atoms with van der Waals surface area (Å²) in [5, 5.41) is 37.3. The minimum Gasteiger partial charge on any atom is -0.508 e. The number of methoxy groups -OCH3 is 3. The van der Waals surface area contributed by atoms with Gasteiger partial charge < -0.3 is 59.2 Å². The number of alkyl halides is 1. The number of aromatic hydroxyl groups is 1. The average Bonchev–Trinajstić information content (AvgIpc) is 0.872. The highest BCUT2D eigenvalue weighted by molar-refractivity contribution is 6.19. The van der Waals surface area contributed by atoms with Gasteiger partial charge in [0.25, 0.3) is 0 Å². The van der Waals surface area contributed by atoms with Crippen molar-refractivity contribution in [3.05, 3.63) is 536 Å². The number of ether oxygens (including phenoxy) is 8. The molecule has 0 aliphatic heterocycles. The van der Waals surface area contributed by atoms with Gasteiger partial charge in [0.1, 0.15) is 79.2 Å². The minimum atomic E-state index is -0.900. The molecule has 0 bridgehead atoms. The van der Waals surface area contributed by atoms with Crippen molar-refractivity contribution in [2.24, 2.45) is 5.73 Å². The summed E-state index contributed by atoms with van der Waals surface area (Å²) in [5.41, 5.74) is 26.5. The Morgan fingerprint density at radius 1 is 0.322 bits per heavy atom. The molecule has 0 aliphatic rings. The third kappa shape index (κ3) is 46.7. The SMILES string of the molecule is CN(CCOc1ccc(Cc2ccccc2)cc1)Cc1ccc(C(=O)O)cc1.COC(=O)c1ccc(C=O)cc1.COC(=O)c1ccc(CN(C)CCOc2ccc(Cc3ccccc3)cc2)cc1.COC(=O)c1ccc(CNCCOc2ccc(Cc3ccccc3)cc2)cc1.N#CCCl.N#CCOc1ccc(Cc2ccccc2)cc1.NCCOc1ccc(Cc2ccccc2)cc1.Oc1ccc(Cc2ccccc2)cc1. The Morgan fingerprint density at radius 3 is 0.826 bits per heavy atom. The molecule has 0 fully saturated rings. The number of halogens is 1. The van der Waals surface area contributed by atoms with Gasteiger partial charge in [-0.25, -0.2) is 19.2 Å². The molecule has 16 rings (SSSR count). The first-order valence-electron chi connectivity index (χ1n) is 48.8. The van der Waals surface area contributed by atoms with Crippen LogP contribution in [-0.2, 0) is 72.4 Å². The molecule has 0 heterocycles. The van der Waals surface area contributed by atoms with Gasteiger partial charge in [-0.3, -0.25) is 14.6 Å². The first kappa shape index (κ1) is 116. The van der Waals surface area contributed by atoms with Crippen molar-refractivity contribution in [3.8, 4) is 46.6 Å². The number of nitrogens with two attached hydrogens (primary N) is 1. The second-order valence-corrected chi connectivity index (χ2v) is 34.3. The van der Waals surface area contributed by atoms with Gasteiger partial charge in [0.05, 0.1) is 49.7 Å². The van der Waals surface area contributed by atoms with Crippen molar-refractivity contribution in [2.75, 3.05) is 101 Å². The summed E-state index contributed by atoms with van der Waals surface area (Å²) >= 11 is 4.82. The lowest BCUT2D eigenvalue weighted by Gasteiger charge is -2.17. The van der Waals surface area contributed by atoms with Crippen LogP contribution in [0.2, 0.25) is 0 Å². The molecule has 5 N–H and O–H groups in total. The van der Waals surface area contributed by atoms with E-state index >= 15 is 0 Å². The number of likely N-dealkylation sites (N-methyl/N-ethyl adjacent to an activating group) is 2. The number of aldehydes is 1. The standard InChI is InChI=1S/C25H27NO3.2C24H25NO3.C15H17NO.C15H13NO.C13H12O.C9H8O3.C2H2ClN/c1-26(19-22-8-12-23(13-9-22)25(27)28-2)16-17-29-24-14-10-21(11-15-24)18-20-6-4-3-5-7-20;1-27-24(26)22-11-7-21(8-12-22)18-25-15-16-28-23-13-9-20(10-14-23)17-19-5-3-2-4-6-19;1-25(18-21-7-11-22(12-8-21)24(26)27)15-16-28-23-13-9-20(10-14-23)17-19-5-3-2-4-6-19;2*16-10-11-17-15-8-6-14(7-9-15)12-13-4-2-1-3-5-13;14-13-8-6-12(7-9-13)10-11-4-2-1-3-5-11;1-12-9(11)8-4-2-7(6-10)3-5-8;3-1-2-4/h3-15H,16-19H2,1-2H3;2-14,25H,15-18H2,1H3;2-14H,15-18H2,1H3,(H,26,27);1-9H,10-12,16H2;1-9H,11-12H2;1-9,14H,10H2;2-6H,1H3;1H2. The second-order valence-electron chi connectivity index (χ2n) is 34.0. The normalized spacial score (nSPS) is 10.1. The van der Waals surface area contributed by atoms with Crippen molar-refractivity contribution in [2.45, 2.75) is 58.2 Å². The van der Waals surface area contributed by atoms with Crippen molar-refractivity contribution in [3.63, 3.8) is 0 Å². The number of nitrogens with zero attached hydrogens (tertiary/aromatic N) is 4. The molecule has 0 saturated carbocycles. The summed E-state index contributed by atoms with van der Waals surface area (Å²) in [6, 6.07) is 142. The number of phenols is 1. The third-order valence-electron chi connectivity index (χ3n) is 22.5. The van der Waals surface area contributed by atoms with E-state index in [1.165, 1.54) is 88.1 Å². The molecule has 22 heteroatoms. The number of rotatable bonds is 40. The number of nitrogens with one attached hydrogen (secondary N) is 1. The predicted octanol–water partition coefficient (Wildman–Crippen LogP) is 24.1. The number of hydrogen-bond acceptors (Lipinski definition) is 20. The summed E-state index contributed by atoms with van der Waals surface area (Å²) in [6.07, 6.45) is 6.29. The highest BCUT2D eigenvalue weighted by atomic mass is 35.5. The molecule has 0 amide bonds. The second kappa shape index (κ2) is 68.3. The van der Waals surface area contributed by atoms with E-state index in [2.05, 4.69) is 197 Å². The molecule has 0 spiro atoms. The van der Waals surface area contributed by atoms with Gasteiger partial charge in [-0.15, -0.1) is 11.6 Å². The average molecular weight is 2010 g/mol. The Morgan fingerprint density at radius 2 is 0.564 bits per heavy atom. The molecule has 0 aromatic heterocycles. The quantitative estimate of drug-likeness (QED) is 0.00912. The van der Waals surface area contributed by atoms with Crippen LogP contribution in [0.3, 0.4) is 0 Å². The molecule has 21 nitrogen and oxygen atoms in total. The van der Waals surface area contributed by atoms with Crippen LogP contribution < -0.4 is 34.7 Å². The van der Waals surface area contributed by atoms with E-state index in [1.54, 1.807) is 78.9 Å². The Kier molecular flexibility index (Phi) is 53.0. The molecule has 0 unspecified atom stereocenters. The largest absolute Gasteiger partial charge is 0.508 e. The summed E-state index contributed by atoms with van der Waals surface area (Å²) in [6.45, 7) is 7.62. The lowest BCUT2D eigenvalue weighted by Crippen LogP contribution is -2.23.